The normalized spacial score (nSPS) is 26.5. The quantitative estimate of drug-likeness (QED) is 0.921. The number of hydrogen-bond donors (Lipinski definition) is 1. The minimum atomic E-state index is 0.376. The fraction of sp³-hybridized carbons (Fsp3) is 0.833. The molecule has 0 aliphatic heterocycles. The Kier molecular flexibility index (Phi) is 4.18. The van der Waals surface area contributed by atoms with Crippen molar-refractivity contribution in [3.63, 3.8) is 0 Å². The average molecular weight is 286 g/mol. The molecular formula is C12H22N4S2. The number of aromatic nitrogens is 2. The second kappa shape index (κ2) is 5.35. The van der Waals surface area contributed by atoms with Crippen LogP contribution in [0.25, 0.3) is 0 Å². The summed E-state index contributed by atoms with van der Waals surface area (Å²) >= 11 is 3.56. The van der Waals surface area contributed by atoms with Crippen LogP contribution in [0.5, 0.6) is 0 Å². The van der Waals surface area contributed by atoms with Crippen LogP contribution < -0.4 is 10.2 Å². The highest BCUT2D eigenvalue weighted by Gasteiger charge is 2.41. The predicted molar refractivity (Wildman–Crippen MR) is 79.7 cm³/mol. The van der Waals surface area contributed by atoms with Gasteiger partial charge in [0.1, 0.15) is 0 Å². The summed E-state index contributed by atoms with van der Waals surface area (Å²) in [5, 5.41) is 13.5. The monoisotopic (exact) mass is 286 g/mol. The van der Waals surface area contributed by atoms with E-state index in [1.165, 1.54) is 12.8 Å². The van der Waals surface area contributed by atoms with Gasteiger partial charge in [-0.3, -0.25) is 0 Å². The third-order valence-corrected chi connectivity index (χ3v) is 6.15. The Labute approximate surface area is 118 Å². The molecule has 1 N–H and O–H groups in total. The molecule has 1 aromatic rings. The van der Waals surface area contributed by atoms with Gasteiger partial charge >= 0.3 is 0 Å². The van der Waals surface area contributed by atoms with E-state index in [1.54, 1.807) is 11.3 Å². The third kappa shape index (κ3) is 2.81. The molecular weight excluding hydrogens is 264 g/mol. The second-order valence-electron chi connectivity index (χ2n) is 5.69. The summed E-state index contributed by atoms with van der Waals surface area (Å²) in [5.41, 5.74) is 0.376. The highest BCUT2D eigenvalue weighted by atomic mass is 32.2. The molecule has 0 spiro atoms. The first-order valence-electron chi connectivity index (χ1n) is 6.29. The van der Waals surface area contributed by atoms with Gasteiger partial charge in [0, 0.05) is 25.4 Å². The lowest BCUT2D eigenvalue weighted by Crippen LogP contribution is -2.41. The number of nitrogens with one attached hydrogen (secondary N) is 1. The molecule has 0 bridgehead atoms. The number of anilines is 1. The lowest BCUT2D eigenvalue weighted by Gasteiger charge is -2.29. The van der Waals surface area contributed by atoms with Crippen molar-refractivity contribution < 1.29 is 0 Å². The Morgan fingerprint density at radius 2 is 2.11 bits per heavy atom. The standard InChI is InChI=1S/C12H22N4S2/c1-12(2)7-6-8(9(12)13-3)17-11-15-14-10(18-11)16(4)5/h8-9,13H,6-7H2,1-5H3. The van der Waals surface area contributed by atoms with Gasteiger partial charge in [0.2, 0.25) is 5.13 Å². The van der Waals surface area contributed by atoms with Crippen molar-refractivity contribution in [2.45, 2.75) is 42.3 Å². The molecule has 1 fully saturated rings. The van der Waals surface area contributed by atoms with Crippen molar-refractivity contribution >= 4 is 28.2 Å². The first-order chi connectivity index (χ1) is 8.44. The van der Waals surface area contributed by atoms with E-state index in [-0.39, 0.29) is 0 Å². The van der Waals surface area contributed by atoms with Crippen LogP contribution in [0.2, 0.25) is 0 Å². The summed E-state index contributed by atoms with van der Waals surface area (Å²) in [5.74, 6) is 0. The third-order valence-electron chi connectivity index (χ3n) is 3.63. The van der Waals surface area contributed by atoms with Crippen LogP contribution in [0.1, 0.15) is 26.7 Å². The van der Waals surface area contributed by atoms with E-state index in [0.717, 1.165) is 9.47 Å². The zero-order valence-corrected chi connectivity index (χ0v) is 13.4. The van der Waals surface area contributed by atoms with Crippen molar-refractivity contribution in [3.05, 3.63) is 0 Å². The smallest absolute Gasteiger partial charge is 0.208 e. The predicted octanol–water partition coefficient (Wildman–Crippen LogP) is 2.47. The van der Waals surface area contributed by atoms with Gasteiger partial charge in [0.25, 0.3) is 0 Å². The van der Waals surface area contributed by atoms with E-state index in [0.29, 0.717) is 16.7 Å². The molecule has 18 heavy (non-hydrogen) atoms. The number of nitrogens with zero attached hydrogens (tertiary/aromatic N) is 3. The van der Waals surface area contributed by atoms with Gasteiger partial charge in [0.05, 0.1) is 0 Å². The van der Waals surface area contributed by atoms with Crippen LogP contribution in [0.4, 0.5) is 5.13 Å². The zero-order valence-electron chi connectivity index (χ0n) is 11.7. The maximum Gasteiger partial charge on any atom is 0.208 e. The number of rotatable bonds is 4. The summed E-state index contributed by atoms with van der Waals surface area (Å²) < 4.78 is 1.08. The Balaban J connectivity index is 2.05. The van der Waals surface area contributed by atoms with Crippen molar-refractivity contribution in [3.8, 4) is 0 Å². The van der Waals surface area contributed by atoms with Gasteiger partial charge in [-0.25, -0.2) is 0 Å². The van der Waals surface area contributed by atoms with E-state index in [2.05, 4.69) is 36.4 Å². The Morgan fingerprint density at radius 1 is 1.39 bits per heavy atom. The van der Waals surface area contributed by atoms with E-state index < -0.39 is 0 Å². The Hall–Kier alpha value is -0.330. The minimum Gasteiger partial charge on any atom is -0.353 e. The topological polar surface area (TPSA) is 41.1 Å². The number of thioether (sulfide) groups is 1. The Bertz CT molecular complexity index is 403. The number of hydrogen-bond acceptors (Lipinski definition) is 6. The SMILES string of the molecule is CNC1C(Sc2nnc(N(C)C)s2)CCC1(C)C. The van der Waals surface area contributed by atoms with E-state index in [1.807, 2.05) is 30.8 Å². The molecule has 0 amide bonds. The Morgan fingerprint density at radius 3 is 2.67 bits per heavy atom. The van der Waals surface area contributed by atoms with Crippen LogP contribution >= 0.6 is 23.1 Å². The molecule has 0 radical (unpaired) electrons. The van der Waals surface area contributed by atoms with E-state index in [9.17, 15) is 0 Å². The van der Waals surface area contributed by atoms with E-state index >= 15 is 0 Å². The van der Waals surface area contributed by atoms with Gasteiger partial charge in [-0.2, -0.15) is 0 Å². The van der Waals surface area contributed by atoms with Crippen LogP contribution in [0, 0.1) is 5.41 Å². The molecule has 4 nitrogen and oxygen atoms in total. The van der Waals surface area contributed by atoms with E-state index in [4.69, 9.17) is 0 Å². The maximum absolute atomic E-state index is 4.28. The first-order valence-corrected chi connectivity index (χ1v) is 7.98. The highest BCUT2D eigenvalue weighted by molar-refractivity contribution is 8.01. The van der Waals surface area contributed by atoms with Crippen LogP contribution in [0.3, 0.4) is 0 Å². The van der Waals surface area contributed by atoms with Crippen molar-refractivity contribution in [2.75, 3.05) is 26.0 Å². The van der Waals surface area contributed by atoms with Gasteiger partial charge in [-0.1, -0.05) is 36.9 Å². The molecule has 0 aromatic carbocycles. The summed E-state index contributed by atoms with van der Waals surface area (Å²) in [6, 6.07) is 0.550. The molecule has 1 aromatic heterocycles. The average Bonchev–Trinajstić information content (AvgIpc) is 2.84. The molecule has 2 atom stereocenters. The molecule has 0 saturated heterocycles. The fourth-order valence-electron chi connectivity index (χ4n) is 2.60. The maximum atomic E-state index is 4.28. The first kappa shape index (κ1) is 14.1. The molecule has 6 heteroatoms. The van der Waals surface area contributed by atoms with Crippen molar-refractivity contribution in [2.24, 2.45) is 5.41 Å². The molecule has 2 unspecified atom stereocenters. The van der Waals surface area contributed by atoms with Gasteiger partial charge in [0.15, 0.2) is 4.34 Å². The van der Waals surface area contributed by atoms with Crippen LogP contribution in [0.15, 0.2) is 4.34 Å². The summed E-state index contributed by atoms with van der Waals surface area (Å²) in [6.45, 7) is 4.69. The summed E-state index contributed by atoms with van der Waals surface area (Å²) in [4.78, 5) is 2.01. The highest BCUT2D eigenvalue weighted by Crippen LogP contribution is 2.45. The van der Waals surface area contributed by atoms with Gasteiger partial charge in [-0.05, 0) is 25.3 Å². The van der Waals surface area contributed by atoms with Crippen LogP contribution in [-0.4, -0.2) is 42.6 Å². The second-order valence-corrected chi connectivity index (χ2v) is 8.14. The molecule has 2 rings (SSSR count). The fourth-order valence-corrected chi connectivity index (χ4v) is 5.12. The van der Waals surface area contributed by atoms with Gasteiger partial charge < -0.3 is 10.2 Å². The van der Waals surface area contributed by atoms with Crippen molar-refractivity contribution in [1.82, 2.24) is 15.5 Å². The van der Waals surface area contributed by atoms with Gasteiger partial charge in [-0.15, -0.1) is 10.2 Å². The summed E-state index contributed by atoms with van der Waals surface area (Å²) in [6.07, 6.45) is 2.52. The molecule has 1 aliphatic rings. The zero-order chi connectivity index (χ0) is 13.3. The summed E-state index contributed by atoms with van der Waals surface area (Å²) in [7, 11) is 6.07. The minimum absolute atomic E-state index is 0.376. The lowest BCUT2D eigenvalue weighted by molar-refractivity contribution is 0.300. The largest absolute Gasteiger partial charge is 0.353 e. The molecule has 1 saturated carbocycles. The molecule has 1 heterocycles. The molecule has 1 aliphatic carbocycles. The van der Waals surface area contributed by atoms with Crippen LogP contribution in [-0.2, 0) is 0 Å². The lowest BCUT2D eigenvalue weighted by atomic mass is 9.87. The van der Waals surface area contributed by atoms with Crippen molar-refractivity contribution in [1.29, 1.82) is 0 Å². The molecule has 102 valence electrons.